The lowest BCUT2D eigenvalue weighted by molar-refractivity contribution is -0.137. The summed E-state index contributed by atoms with van der Waals surface area (Å²) in [7, 11) is 0. The largest absolute Gasteiger partial charge is 0.467 e. The summed E-state index contributed by atoms with van der Waals surface area (Å²) in [5, 5.41) is 0. The van der Waals surface area contributed by atoms with Crippen LogP contribution in [0.3, 0.4) is 0 Å². The first-order valence-corrected chi connectivity index (χ1v) is 6.77. The summed E-state index contributed by atoms with van der Waals surface area (Å²) in [6.45, 7) is 3.28. The summed E-state index contributed by atoms with van der Waals surface area (Å²) >= 11 is 0. The molecule has 0 spiro atoms. The highest BCUT2D eigenvalue weighted by Crippen LogP contribution is 2.25. The molecule has 0 bridgehead atoms. The smallest absolute Gasteiger partial charge is 0.226 e. The van der Waals surface area contributed by atoms with E-state index in [4.69, 9.17) is 10.2 Å². The third kappa shape index (κ3) is 3.13. The maximum Gasteiger partial charge on any atom is 0.226 e. The van der Waals surface area contributed by atoms with Crippen molar-refractivity contribution < 1.29 is 9.21 Å². The normalized spacial score (nSPS) is 23.9. The highest BCUT2D eigenvalue weighted by atomic mass is 16.3. The van der Waals surface area contributed by atoms with E-state index in [1.54, 1.807) is 6.26 Å². The van der Waals surface area contributed by atoms with Crippen LogP contribution in [0.15, 0.2) is 22.8 Å². The number of hydrogen-bond acceptors (Lipinski definition) is 3. The Morgan fingerprint density at radius 1 is 1.56 bits per heavy atom. The molecule has 4 nitrogen and oxygen atoms in total. The zero-order valence-electron chi connectivity index (χ0n) is 11.0. The summed E-state index contributed by atoms with van der Waals surface area (Å²) in [6.07, 6.45) is 5.56. The Kier molecular flexibility index (Phi) is 4.42. The standard InChI is InChI=1S/C14H22N2O2/c1-2-16(10-13-7-4-8-18-13)14(17)11-5-3-6-12(15)9-11/h4,7-8,11-12H,2-3,5-6,9-10,15H2,1H3. The van der Waals surface area contributed by atoms with Crippen molar-refractivity contribution in [2.45, 2.75) is 45.2 Å². The molecule has 100 valence electrons. The summed E-state index contributed by atoms with van der Waals surface area (Å²) < 4.78 is 5.31. The van der Waals surface area contributed by atoms with E-state index in [2.05, 4.69) is 0 Å². The molecule has 2 unspecified atom stereocenters. The molecule has 2 N–H and O–H groups in total. The van der Waals surface area contributed by atoms with E-state index >= 15 is 0 Å². The fraction of sp³-hybridized carbons (Fsp3) is 0.643. The Morgan fingerprint density at radius 2 is 2.39 bits per heavy atom. The van der Waals surface area contributed by atoms with E-state index in [-0.39, 0.29) is 17.9 Å². The van der Waals surface area contributed by atoms with Gasteiger partial charge in [-0.1, -0.05) is 6.42 Å². The van der Waals surface area contributed by atoms with Crippen LogP contribution in [0.2, 0.25) is 0 Å². The van der Waals surface area contributed by atoms with Gasteiger partial charge in [0.2, 0.25) is 5.91 Å². The molecule has 1 aromatic heterocycles. The molecular formula is C14H22N2O2. The van der Waals surface area contributed by atoms with Gasteiger partial charge in [0.05, 0.1) is 12.8 Å². The second-order valence-corrected chi connectivity index (χ2v) is 5.06. The van der Waals surface area contributed by atoms with Gasteiger partial charge in [0.15, 0.2) is 0 Å². The minimum absolute atomic E-state index is 0.101. The van der Waals surface area contributed by atoms with Crippen molar-refractivity contribution in [3.05, 3.63) is 24.2 Å². The van der Waals surface area contributed by atoms with Gasteiger partial charge in [0, 0.05) is 18.5 Å². The van der Waals surface area contributed by atoms with Crippen LogP contribution in [0.1, 0.15) is 38.4 Å². The predicted molar refractivity (Wildman–Crippen MR) is 69.7 cm³/mol. The van der Waals surface area contributed by atoms with Crippen molar-refractivity contribution in [2.75, 3.05) is 6.54 Å². The van der Waals surface area contributed by atoms with Crippen LogP contribution in [0.25, 0.3) is 0 Å². The molecular weight excluding hydrogens is 228 g/mol. The van der Waals surface area contributed by atoms with E-state index in [1.165, 1.54) is 0 Å². The predicted octanol–water partition coefficient (Wildman–Crippen LogP) is 2.15. The maximum absolute atomic E-state index is 12.4. The Labute approximate surface area is 108 Å². The average molecular weight is 250 g/mol. The van der Waals surface area contributed by atoms with E-state index in [0.717, 1.165) is 31.4 Å². The summed E-state index contributed by atoms with van der Waals surface area (Å²) in [6, 6.07) is 3.95. The molecule has 1 aliphatic rings. The molecule has 1 aliphatic carbocycles. The van der Waals surface area contributed by atoms with Gasteiger partial charge in [-0.15, -0.1) is 0 Å². The van der Waals surface area contributed by atoms with Crippen molar-refractivity contribution >= 4 is 5.91 Å². The van der Waals surface area contributed by atoms with Crippen LogP contribution in [0.4, 0.5) is 0 Å². The van der Waals surface area contributed by atoms with Crippen LogP contribution < -0.4 is 5.73 Å². The van der Waals surface area contributed by atoms with Gasteiger partial charge in [0.1, 0.15) is 5.76 Å². The number of amides is 1. The number of carbonyl (C=O) groups excluding carboxylic acids is 1. The van der Waals surface area contributed by atoms with Gasteiger partial charge in [-0.25, -0.2) is 0 Å². The Hall–Kier alpha value is -1.29. The molecule has 0 aromatic carbocycles. The Morgan fingerprint density at radius 3 is 3.00 bits per heavy atom. The summed E-state index contributed by atoms with van der Waals surface area (Å²) in [4.78, 5) is 14.3. The van der Waals surface area contributed by atoms with Crippen LogP contribution in [0.5, 0.6) is 0 Å². The van der Waals surface area contributed by atoms with E-state index < -0.39 is 0 Å². The molecule has 0 aliphatic heterocycles. The number of nitrogens with zero attached hydrogens (tertiary/aromatic N) is 1. The first-order chi connectivity index (χ1) is 8.70. The fourth-order valence-corrected chi connectivity index (χ4v) is 2.65. The Balaban J connectivity index is 1.96. The third-order valence-corrected chi connectivity index (χ3v) is 3.68. The average Bonchev–Trinajstić information content (AvgIpc) is 2.88. The second kappa shape index (κ2) is 6.05. The van der Waals surface area contributed by atoms with Crippen LogP contribution in [0, 0.1) is 5.92 Å². The molecule has 4 heteroatoms. The lowest BCUT2D eigenvalue weighted by Crippen LogP contribution is -2.40. The van der Waals surface area contributed by atoms with Gasteiger partial charge >= 0.3 is 0 Å². The summed E-state index contributed by atoms with van der Waals surface area (Å²) in [5.74, 6) is 1.16. The molecule has 1 heterocycles. The highest BCUT2D eigenvalue weighted by Gasteiger charge is 2.28. The first-order valence-electron chi connectivity index (χ1n) is 6.77. The van der Waals surface area contributed by atoms with Crippen molar-refractivity contribution in [2.24, 2.45) is 11.7 Å². The monoisotopic (exact) mass is 250 g/mol. The quantitative estimate of drug-likeness (QED) is 0.890. The van der Waals surface area contributed by atoms with Gasteiger partial charge in [-0.05, 0) is 38.3 Å². The minimum atomic E-state index is 0.101. The molecule has 2 atom stereocenters. The van der Waals surface area contributed by atoms with Gasteiger partial charge in [-0.3, -0.25) is 4.79 Å². The van der Waals surface area contributed by atoms with E-state index in [0.29, 0.717) is 13.1 Å². The zero-order chi connectivity index (χ0) is 13.0. The second-order valence-electron chi connectivity index (χ2n) is 5.06. The third-order valence-electron chi connectivity index (χ3n) is 3.68. The lowest BCUT2D eigenvalue weighted by atomic mass is 9.85. The van der Waals surface area contributed by atoms with Crippen molar-refractivity contribution in [1.82, 2.24) is 4.90 Å². The molecule has 2 rings (SSSR count). The minimum Gasteiger partial charge on any atom is -0.467 e. The first kappa shape index (κ1) is 13.1. The molecule has 18 heavy (non-hydrogen) atoms. The topological polar surface area (TPSA) is 59.5 Å². The molecule has 0 saturated heterocycles. The lowest BCUT2D eigenvalue weighted by Gasteiger charge is -2.30. The van der Waals surface area contributed by atoms with Crippen LogP contribution >= 0.6 is 0 Å². The Bertz CT molecular complexity index is 375. The maximum atomic E-state index is 12.4. The van der Waals surface area contributed by atoms with Gasteiger partial charge in [0.25, 0.3) is 0 Å². The molecule has 1 aromatic rings. The van der Waals surface area contributed by atoms with Crippen LogP contribution in [-0.2, 0) is 11.3 Å². The van der Waals surface area contributed by atoms with Crippen molar-refractivity contribution in [1.29, 1.82) is 0 Å². The molecule has 1 amide bonds. The van der Waals surface area contributed by atoms with Gasteiger partial charge < -0.3 is 15.1 Å². The van der Waals surface area contributed by atoms with Crippen LogP contribution in [-0.4, -0.2) is 23.4 Å². The number of nitrogens with two attached hydrogens (primary N) is 1. The summed E-state index contributed by atoms with van der Waals surface area (Å²) in [5.41, 5.74) is 5.95. The molecule has 1 saturated carbocycles. The van der Waals surface area contributed by atoms with Gasteiger partial charge in [-0.2, -0.15) is 0 Å². The molecule has 0 radical (unpaired) electrons. The van der Waals surface area contributed by atoms with E-state index in [1.807, 2.05) is 24.0 Å². The SMILES string of the molecule is CCN(Cc1ccco1)C(=O)C1CCCC(N)C1. The number of hydrogen-bond donors (Lipinski definition) is 1. The molecule has 1 fully saturated rings. The number of carbonyl (C=O) groups is 1. The number of furan rings is 1. The highest BCUT2D eigenvalue weighted by molar-refractivity contribution is 5.78. The van der Waals surface area contributed by atoms with Crippen molar-refractivity contribution in [3.8, 4) is 0 Å². The fourth-order valence-electron chi connectivity index (χ4n) is 2.65. The van der Waals surface area contributed by atoms with Crippen molar-refractivity contribution in [3.63, 3.8) is 0 Å². The van der Waals surface area contributed by atoms with E-state index in [9.17, 15) is 4.79 Å². The zero-order valence-corrected chi connectivity index (χ0v) is 11.0. The number of rotatable bonds is 4.